The largest absolute Gasteiger partial charge is 0.343 e. The van der Waals surface area contributed by atoms with Gasteiger partial charge in [-0.3, -0.25) is 14.2 Å². The van der Waals surface area contributed by atoms with Crippen LogP contribution in [-0.4, -0.2) is 57.3 Å². The lowest BCUT2D eigenvalue weighted by atomic mass is 9.94. The molecule has 2 fully saturated rings. The Morgan fingerprint density at radius 2 is 1.47 bits per heavy atom. The Hall–Kier alpha value is -3.15. The van der Waals surface area contributed by atoms with Crippen LogP contribution in [0.25, 0.3) is 16.7 Å². The van der Waals surface area contributed by atoms with Gasteiger partial charge < -0.3 is 9.80 Å². The molecule has 5 rings (SSSR count). The average Bonchev–Trinajstić information content (AvgIpc) is 3.04. The molecule has 0 N–H and O–H groups in total. The Morgan fingerprint density at radius 1 is 0.794 bits per heavy atom. The van der Waals surface area contributed by atoms with Gasteiger partial charge in [0.25, 0.3) is 0 Å². The zero-order valence-corrected chi connectivity index (χ0v) is 19.9. The highest BCUT2D eigenvalue weighted by Gasteiger charge is 2.30. The van der Waals surface area contributed by atoms with E-state index in [1.807, 2.05) is 41.3 Å². The highest BCUT2D eigenvalue weighted by molar-refractivity contribution is 5.81. The van der Waals surface area contributed by atoms with Crippen molar-refractivity contribution in [3.8, 4) is 5.69 Å². The number of fused-ring (bicyclic) bond motifs is 1. The highest BCUT2D eigenvalue weighted by atomic mass is 16.2. The van der Waals surface area contributed by atoms with E-state index in [0.717, 1.165) is 61.3 Å². The first-order chi connectivity index (χ1) is 16.7. The molecule has 0 bridgehead atoms. The third-order valence-corrected chi connectivity index (χ3v) is 7.32. The smallest absolute Gasteiger partial charge is 0.225 e. The monoisotopic (exact) mass is 458 g/mol. The molecule has 1 aromatic heterocycles. The first-order valence-corrected chi connectivity index (χ1v) is 12.8. The lowest BCUT2D eigenvalue weighted by Crippen LogP contribution is -2.44. The number of imidazole rings is 1. The van der Waals surface area contributed by atoms with Gasteiger partial charge in [-0.15, -0.1) is 0 Å². The summed E-state index contributed by atoms with van der Waals surface area (Å²) in [6, 6.07) is 18.3. The number of rotatable bonds is 5. The number of carbonyl (C=O) groups is 2. The number of likely N-dealkylation sites (tertiary alicyclic amines) is 2. The van der Waals surface area contributed by atoms with Crippen LogP contribution in [0.5, 0.6) is 0 Å². The van der Waals surface area contributed by atoms with Crippen LogP contribution in [0.15, 0.2) is 54.6 Å². The summed E-state index contributed by atoms with van der Waals surface area (Å²) in [6.45, 7) is 3.16. The molecule has 178 valence electrons. The lowest BCUT2D eigenvalue weighted by Gasteiger charge is -2.34. The van der Waals surface area contributed by atoms with Gasteiger partial charge in [-0.1, -0.05) is 43.2 Å². The first kappa shape index (κ1) is 22.6. The fourth-order valence-electron chi connectivity index (χ4n) is 5.41. The third-order valence-electron chi connectivity index (χ3n) is 7.32. The molecule has 2 saturated heterocycles. The molecule has 2 aromatic carbocycles. The second-order valence-electron chi connectivity index (χ2n) is 9.58. The zero-order valence-electron chi connectivity index (χ0n) is 19.9. The summed E-state index contributed by atoms with van der Waals surface area (Å²) in [5.41, 5.74) is 3.07. The van der Waals surface area contributed by atoms with Crippen LogP contribution in [0.3, 0.4) is 0 Å². The van der Waals surface area contributed by atoms with Crippen molar-refractivity contribution in [3.05, 3.63) is 60.4 Å². The third kappa shape index (κ3) is 4.86. The quantitative estimate of drug-likeness (QED) is 0.562. The molecular formula is C28H34N4O2. The maximum atomic E-state index is 13.1. The van der Waals surface area contributed by atoms with Crippen molar-refractivity contribution < 1.29 is 9.59 Å². The number of aryl methyl sites for hydroxylation is 1. The summed E-state index contributed by atoms with van der Waals surface area (Å²) < 4.78 is 2.16. The van der Waals surface area contributed by atoms with E-state index in [9.17, 15) is 9.59 Å². The topological polar surface area (TPSA) is 58.4 Å². The lowest BCUT2D eigenvalue weighted by molar-refractivity contribution is -0.140. The minimum absolute atomic E-state index is 0.0735. The maximum absolute atomic E-state index is 13.1. The molecule has 3 aromatic rings. The summed E-state index contributed by atoms with van der Waals surface area (Å²) in [6.07, 6.45) is 7.29. The minimum atomic E-state index is 0.0735. The van der Waals surface area contributed by atoms with Crippen LogP contribution in [0.2, 0.25) is 0 Å². The van der Waals surface area contributed by atoms with E-state index in [4.69, 9.17) is 4.98 Å². The summed E-state index contributed by atoms with van der Waals surface area (Å²) >= 11 is 0. The highest BCUT2D eigenvalue weighted by Crippen LogP contribution is 2.24. The molecule has 6 nitrogen and oxygen atoms in total. The number of amides is 2. The predicted molar refractivity (Wildman–Crippen MR) is 134 cm³/mol. The van der Waals surface area contributed by atoms with Gasteiger partial charge in [-0.05, 0) is 49.9 Å². The summed E-state index contributed by atoms with van der Waals surface area (Å²) in [5.74, 6) is 1.45. The molecule has 34 heavy (non-hydrogen) atoms. The molecule has 2 aliphatic heterocycles. The number of piperidine rings is 1. The second kappa shape index (κ2) is 10.4. The Kier molecular flexibility index (Phi) is 6.93. The van der Waals surface area contributed by atoms with E-state index < -0.39 is 0 Å². The van der Waals surface area contributed by atoms with Gasteiger partial charge in [0.05, 0.1) is 11.0 Å². The van der Waals surface area contributed by atoms with Crippen molar-refractivity contribution in [1.82, 2.24) is 19.4 Å². The molecule has 0 radical (unpaired) electrons. The number of hydrogen-bond donors (Lipinski definition) is 0. The van der Waals surface area contributed by atoms with Gasteiger partial charge in [0.1, 0.15) is 5.82 Å². The fourth-order valence-corrected chi connectivity index (χ4v) is 5.41. The molecule has 0 aliphatic carbocycles. The van der Waals surface area contributed by atoms with E-state index >= 15 is 0 Å². The Labute approximate surface area is 201 Å². The van der Waals surface area contributed by atoms with E-state index in [1.165, 1.54) is 12.8 Å². The Bertz CT molecular complexity index is 1120. The molecule has 3 heterocycles. The van der Waals surface area contributed by atoms with Crippen LogP contribution >= 0.6 is 0 Å². The fraction of sp³-hybridized carbons (Fsp3) is 0.464. The van der Waals surface area contributed by atoms with E-state index in [1.54, 1.807) is 0 Å². The summed E-state index contributed by atoms with van der Waals surface area (Å²) in [5, 5.41) is 0. The van der Waals surface area contributed by atoms with E-state index in [0.29, 0.717) is 31.8 Å². The van der Waals surface area contributed by atoms with Gasteiger partial charge in [0, 0.05) is 50.6 Å². The number of benzene rings is 2. The van der Waals surface area contributed by atoms with Crippen LogP contribution in [0, 0.1) is 5.92 Å². The minimum Gasteiger partial charge on any atom is -0.343 e. The number of aromatic nitrogens is 2. The molecular weight excluding hydrogens is 424 g/mol. The van der Waals surface area contributed by atoms with Gasteiger partial charge in [0.2, 0.25) is 11.8 Å². The van der Waals surface area contributed by atoms with Crippen molar-refractivity contribution in [2.75, 3.05) is 26.2 Å². The van der Waals surface area contributed by atoms with Crippen LogP contribution in [-0.2, 0) is 16.0 Å². The molecule has 2 amide bonds. The normalized spacial score (nSPS) is 17.6. The SMILES string of the molecule is O=C(CCc1nc2ccccc2n1-c1ccccc1)N1CCC(C(=O)N2CCCCCC2)CC1. The van der Waals surface area contributed by atoms with E-state index in [2.05, 4.69) is 27.7 Å². The number of nitrogens with zero attached hydrogens (tertiary/aromatic N) is 4. The van der Waals surface area contributed by atoms with E-state index in [-0.39, 0.29) is 11.8 Å². The summed E-state index contributed by atoms with van der Waals surface area (Å²) in [4.78, 5) is 34.9. The maximum Gasteiger partial charge on any atom is 0.225 e. The standard InChI is InChI=1S/C28H34N4O2/c33-27(30-20-16-22(17-21-30)28(34)31-18-8-1-2-9-19-31)15-14-26-29-24-12-6-7-13-25(24)32(26)23-10-4-3-5-11-23/h3-7,10-13,22H,1-2,8-9,14-21H2. The number of para-hydroxylation sites is 3. The van der Waals surface area contributed by atoms with Gasteiger partial charge in [-0.25, -0.2) is 4.98 Å². The second-order valence-corrected chi connectivity index (χ2v) is 9.58. The van der Waals surface area contributed by atoms with Gasteiger partial charge >= 0.3 is 0 Å². The molecule has 2 aliphatic rings. The summed E-state index contributed by atoms with van der Waals surface area (Å²) in [7, 11) is 0. The molecule has 0 saturated carbocycles. The Balaban J connectivity index is 1.21. The van der Waals surface area contributed by atoms with Gasteiger partial charge in [-0.2, -0.15) is 0 Å². The molecule has 0 spiro atoms. The molecule has 0 atom stereocenters. The van der Waals surface area contributed by atoms with Crippen LogP contribution in [0.1, 0.15) is 50.8 Å². The van der Waals surface area contributed by atoms with Crippen molar-refractivity contribution >= 4 is 22.8 Å². The van der Waals surface area contributed by atoms with Crippen LogP contribution in [0.4, 0.5) is 0 Å². The van der Waals surface area contributed by atoms with Crippen molar-refractivity contribution in [2.24, 2.45) is 5.92 Å². The molecule has 0 unspecified atom stereocenters. The number of hydrogen-bond acceptors (Lipinski definition) is 3. The predicted octanol–water partition coefficient (Wildman–Crippen LogP) is 4.60. The Morgan fingerprint density at radius 3 is 2.21 bits per heavy atom. The van der Waals surface area contributed by atoms with Crippen molar-refractivity contribution in [1.29, 1.82) is 0 Å². The van der Waals surface area contributed by atoms with Crippen LogP contribution < -0.4 is 0 Å². The zero-order chi connectivity index (χ0) is 23.3. The number of carbonyl (C=O) groups excluding carboxylic acids is 2. The van der Waals surface area contributed by atoms with Gasteiger partial charge in [0.15, 0.2) is 0 Å². The van der Waals surface area contributed by atoms with Crippen molar-refractivity contribution in [3.63, 3.8) is 0 Å². The first-order valence-electron chi connectivity index (χ1n) is 12.8. The van der Waals surface area contributed by atoms with Crippen molar-refractivity contribution in [2.45, 2.75) is 51.4 Å². The molecule has 6 heteroatoms. The average molecular weight is 459 g/mol.